The SMILES string of the molecule is CCOCCNS(=O)(=O)Nc1ncnc(Cl)c1Br. The zero-order valence-corrected chi connectivity index (χ0v) is 12.6. The van der Waals surface area contributed by atoms with Gasteiger partial charge in [0.05, 0.1) is 11.1 Å². The maximum absolute atomic E-state index is 11.6. The van der Waals surface area contributed by atoms with Gasteiger partial charge >= 0.3 is 0 Å². The van der Waals surface area contributed by atoms with Crippen molar-refractivity contribution in [3.63, 3.8) is 0 Å². The van der Waals surface area contributed by atoms with E-state index in [9.17, 15) is 8.42 Å². The summed E-state index contributed by atoms with van der Waals surface area (Å²) in [7, 11) is -3.71. The molecule has 0 aromatic carbocycles. The Morgan fingerprint density at radius 1 is 1.50 bits per heavy atom. The monoisotopic (exact) mass is 358 g/mol. The van der Waals surface area contributed by atoms with Crippen molar-refractivity contribution >= 4 is 43.6 Å². The van der Waals surface area contributed by atoms with Gasteiger partial charge in [-0.1, -0.05) is 11.6 Å². The van der Waals surface area contributed by atoms with Gasteiger partial charge in [-0.15, -0.1) is 0 Å². The summed E-state index contributed by atoms with van der Waals surface area (Å²) in [4.78, 5) is 7.45. The molecule has 18 heavy (non-hydrogen) atoms. The Bertz CT molecular complexity index is 499. The summed E-state index contributed by atoms with van der Waals surface area (Å²) < 4.78 is 33.1. The van der Waals surface area contributed by atoms with Gasteiger partial charge in [-0.2, -0.15) is 13.1 Å². The second-order valence-corrected chi connectivity index (χ2v) is 5.67. The van der Waals surface area contributed by atoms with Gasteiger partial charge in [-0.05, 0) is 22.9 Å². The molecule has 0 aliphatic heterocycles. The third kappa shape index (κ3) is 5.02. The fraction of sp³-hybridized carbons (Fsp3) is 0.500. The van der Waals surface area contributed by atoms with E-state index in [0.717, 1.165) is 6.33 Å². The van der Waals surface area contributed by atoms with Gasteiger partial charge in [-0.25, -0.2) is 9.97 Å². The first-order chi connectivity index (χ1) is 8.46. The van der Waals surface area contributed by atoms with Gasteiger partial charge < -0.3 is 4.74 Å². The van der Waals surface area contributed by atoms with E-state index in [-0.39, 0.29) is 22.0 Å². The minimum atomic E-state index is -3.71. The van der Waals surface area contributed by atoms with Crippen LogP contribution in [0.4, 0.5) is 5.82 Å². The van der Waals surface area contributed by atoms with Crippen molar-refractivity contribution in [1.82, 2.24) is 14.7 Å². The van der Waals surface area contributed by atoms with Crippen LogP contribution in [-0.4, -0.2) is 38.1 Å². The van der Waals surface area contributed by atoms with Crippen molar-refractivity contribution in [2.45, 2.75) is 6.92 Å². The van der Waals surface area contributed by atoms with E-state index in [1.54, 1.807) is 0 Å². The smallest absolute Gasteiger partial charge is 0.300 e. The highest BCUT2D eigenvalue weighted by atomic mass is 79.9. The summed E-state index contributed by atoms with van der Waals surface area (Å²) in [6.45, 7) is 2.82. The summed E-state index contributed by atoms with van der Waals surface area (Å²) >= 11 is 8.80. The summed E-state index contributed by atoms with van der Waals surface area (Å²) in [6.07, 6.45) is 1.16. The molecule has 0 unspecified atom stereocenters. The van der Waals surface area contributed by atoms with Crippen LogP contribution in [0.15, 0.2) is 10.8 Å². The Balaban J connectivity index is 2.62. The Kier molecular flexibility index (Phi) is 6.22. The molecule has 0 radical (unpaired) electrons. The summed E-state index contributed by atoms with van der Waals surface area (Å²) in [5.74, 6) is 0.0684. The largest absolute Gasteiger partial charge is 0.380 e. The van der Waals surface area contributed by atoms with Gasteiger partial charge in [0.25, 0.3) is 10.2 Å². The van der Waals surface area contributed by atoms with E-state index in [1.165, 1.54) is 0 Å². The maximum atomic E-state index is 11.6. The number of ether oxygens (including phenoxy) is 1. The molecule has 0 atom stereocenters. The van der Waals surface area contributed by atoms with Crippen LogP contribution in [0.1, 0.15) is 6.92 Å². The van der Waals surface area contributed by atoms with Gasteiger partial charge in [0.2, 0.25) is 0 Å². The van der Waals surface area contributed by atoms with E-state index in [4.69, 9.17) is 16.3 Å². The molecule has 7 nitrogen and oxygen atoms in total. The van der Waals surface area contributed by atoms with Crippen LogP contribution in [-0.2, 0) is 14.9 Å². The molecule has 0 bridgehead atoms. The van der Waals surface area contributed by atoms with Crippen LogP contribution in [0.3, 0.4) is 0 Å². The predicted octanol–water partition coefficient (Wildman–Crippen LogP) is 1.18. The molecule has 1 heterocycles. The third-order valence-electron chi connectivity index (χ3n) is 1.72. The lowest BCUT2D eigenvalue weighted by Gasteiger charge is -2.09. The molecule has 2 N–H and O–H groups in total. The average molecular weight is 360 g/mol. The van der Waals surface area contributed by atoms with Crippen LogP contribution in [0.2, 0.25) is 5.15 Å². The highest BCUT2D eigenvalue weighted by Gasteiger charge is 2.14. The van der Waals surface area contributed by atoms with Crippen LogP contribution >= 0.6 is 27.5 Å². The molecule has 0 saturated heterocycles. The number of halogens is 2. The van der Waals surface area contributed by atoms with Crippen LogP contribution < -0.4 is 9.44 Å². The zero-order valence-electron chi connectivity index (χ0n) is 9.48. The highest BCUT2D eigenvalue weighted by molar-refractivity contribution is 9.10. The number of aromatic nitrogens is 2. The van der Waals surface area contributed by atoms with E-state index in [2.05, 4.69) is 35.3 Å². The van der Waals surface area contributed by atoms with E-state index >= 15 is 0 Å². The van der Waals surface area contributed by atoms with Crippen molar-refractivity contribution in [3.05, 3.63) is 16.0 Å². The second-order valence-electron chi connectivity index (χ2n) is 3.02. The number of nitrogens with one attached hydrogen (secondary N) is 2. The molecule has 0 saturated carbocycles. The minimum Gasteiger partial charge on any atom is -0.380 e. The van der Waals surface area contributed by atoms with Crippen molar-refractivity contribution in [1.29, 1.82) is 0 Å². The molecule has 102 valence electrons. The van der Waals surface area contributed by atoms with Crippen molar-refractivity contribution in [3.8, 4) is 0 Å². The molecule has 0 amide bonds. The van der Waals surface area contributed by atoms with Crippen molar-refractivity contribution < 1.29 is 13.2 Å². The number of nitrogens with zero attached hydrogens (tertiary/aromatic N) is 2. The summed E-state index contributed by atoms with van der Waals surface area (Å²) in [6, 6.07) is 0. The molecule has 1 rings (SSSR count). The molecule has 0 aliphatic carbocycles. The van der Waals surface area contributed by atoms with Crippen molar-refractivity contribution in [2.75, 3.05) is 24.5 Å². The lowest BCUT2D eigenvalue weighted by Crippen LogP contribution is -2.33. The Morgan fingerprint density at radius 3 is 2.89 bits per heavy atom. The minimum absolute atomic E-state index is 0.0684. The molecule has 10 heteroatoms. The fourth-order valence-corrected chi connectivity index (χ4v) is 2.38. The van der Waals surface area contributed by atoms with Gasteiger partial charge in [-0.3, -0.25) is 4.72 Å². The van der Waals surface area contributed by atoms with E-state index in [1.807, 2.05) is 6.92 Å². The van der Waals surface area contributed by atoms with E-state index < -0.39 is 10.2 Å². The van der Waals surface area contributed by atoms with E-state index in [0.29, 0.717) is 13.2 Å². The average Bonchev–Trinajstić information content (AvgIpc) is 2.31. The molecular weight excluding hydrogens is 348 g/mol. The second kappa shape index (κ2) is 7.19. The van der Waals surface area contributed by atoms with Crippen LogP contribution in [0.5, 0.6) is 0 Å². The molecular formula is C8H12BrClN4O3S. The number of anilines is 1. The summed E-state index contributed by atoms with van der Waals surface area (Å²) in [5.41, 5.74) is 0. The zero-order chi connectivity index (χ0) is 13.6. The number of hydrogen-bond donors (Lipinski definition) is 2. The number of hydrogen-bond acceptors (Lipinski definition) is 5. The first-order valence-electron chi connectivity index (χ1n) is 4.97. The first-order valence-corrected chi connectivity index (χ1v) is 7.63. The molecule has 0 fully saturated rings. The van der Waals surface area contributed by atoms with Gasteiger partial charge in [0.1, 0.15) is 11.5 Å². The first kappa shape index (κ1) is 15.6. The number of rotatable bonds is 7. The van der Waals surface area contributed by atoms with Crippen molar-refractivity contribution in [2.24, 2.45) is 0 Å². The van der Waals surface area contributed by atoms with Gasteiger partial charge in [0, 0.05) is 13.2 Å². The lowest BCUT2D eigenvalue weighted by molar-refractivity contribution is 0.153. The normalized spacial score (nSPS) is 11.5. The summed E-state index contributed by atoms with van der Waals surface area (Å²) in [5, 5.41) is 0.122. The van der Waals surface area contributed by atoms with Crippen LogP contribution in [0, 0.1) is 0 Å². The highest BCUT2D eigenvalue weighted by Crippen LogP contribution is 2.26. The maximum Gasteiger partial charge on any atom is 0.300 e. The quantitative estimate of drug-likeness (QED) is 0.563. The standard InChI is InChI=1S/C8H12BrClN4O3S/c1-2-17-4-3-13-18(15,16)14-8-6(9)7(10)11-5-12-8/h5,13H,2-4H2,1H3,(H,11,12,14). The molecule has 0 spiro atoms. The molecule has 1 aromatic rings. The lowest BCUT2D eigenvalue weighted by atomic mass is 10.6. The Labute approximate surface area is 119 Å². The van der Waals surface area contributed by atoms with Crippen LogP contribution in [0.25, 0.3) is 0 Å². The van der Waals surface area contributed by atoms with Gasteiger partial charge in [0.15, 0.2) is 5.82 Å². The Morgan fingerprint density at radius 2 is 2.22 bits per heavy atom. The fourth-order valence-electron chi connectivity index (χ4n) is 0.975. The predicted molar refractivity (Wildman–Crippen MR) is 71.8 cm³/mol. The topological polar surface area (TPSA) is 93.2 Å². The Hall–Kier alpha value is -0.480. The molecule has 0 aliphatic rings. The third-order valence-corrected chi connectivity index (χ3v) is 4.03. The molecule has 1 aromatic heterocycles.